The van der Waals surface area contributed by atoms with Crippen molar-refractivity contribution >= 4 is 11.9 Å². The first-order valence-electron chi connectivity index (χ1n) is 6.87. The number of esters is 2. The van der Waals surface area contributed by atoms with Crippen LogP contribution in [0.4, 0.5) is 0 Å². The highest BCUT2D eigenvalue weighted by Gasteiger charge is 2.41. The Morgan fingerprint density at radius 2 is 1.95 bits per heavy atom. The Labute approximate surface area is 124 Å². The van der Waals surface area contributed by atoms with Crippen LogP contribution in [0, 0.1) is 13.8 Å². The summed E-state index contributed by atoms with van der Waals surface area (Å²) in [4.78, 5) is 23.1. The van der Waals surface area contributed by atoms with Crippen molar-refractivity contribution in [2.75, 3.05) is 7.11 Å². The Kier molecular flexibility index (Phi) is 3.94. The molecular weight excluding hydrogens is 272 g/mol. The van der Waals surface area contributed by atoms with E-state index in [9.17, 15) is 9.59 Å². The van der Waals surface area contributed by atoms with E-state index in [1.165, 1.54) is 14.0 Å². The highest BCUT2D eigenvalue weighted by molar-refractivity contribution is 5.80. The third kappa shape index (κ3) is 2.73. The molecule has 1 aromatic carbocycles. The van der Waals surface area contributed by atoms with Crippen LogP contribution in [0.2, 0.25) is 0 Å². The molecule has 1 aliphatic rings. The van der Waals surface area contributed by atoms with Crippen molar-refractivity contribution < 1.29 is 23.8 Å². The Bertz CT molecular complexity index is 605. The number of ether oxygens (including phenoxy) is 3. The standard InChI is InChI=1S/C16H20O5/c1-9-10(2)14-12(8-13(9)20-11(3)17)6-7-16(4,21-14)15(18)19-5/h8H,6-7H2,1-5H3. The summed E-state index contributed by atoms with van der Waals surface area (Å²) in [6.07, 6.45) is 1.19. The molecule has 0 saturated carbocycles. The number of hydrogen-bond donors (Lipinski definition) is 0. The maximum atomic E-state index is 11.9. The van der Waals surface area contributed by atoms with Gasteiger partial charge in [-0.25, -0.2) is 4.79 Å². The molecule has 0 N–H and O–H groups in total. The molecule has 0 bridgehead atoms. The molecule has 5 nitrogen and oxygen atoms in total. The highest BCUT2D eigenvalue weighted by atomic mass is 16.6. The molecule has 5 heteroatoms. The first-order valence-corrected chi connectivity index (χ1v) is 6.87. The maximum Gasteiger partial charge on any atom is 0.349 e. The molecule has 114 valence electrons. The predicted octanol–water partition coefficient (Wildman–Crippen LogP) is 2.49. The van der Waals surface area contributed by atoms with Gasteiger partial charge in [-0.2, -0.15) is 0 Å². The van der Waals surface area contributed by atoms with Gasteiger partial charge in [0.15, 0.2) is 0 Å². The highest BCUT2D eigenvalue weighted by Crippen LogP contribution is 2.41. The lowest BCUT2D eigenvalue weighted by molar-refractivity contribution is -0.159. The van der Waals surface area contributed by atoms with Crippen LogP contribution in [0.3, 0.4) is 0 Å². The van der Waals surface area contributed by atoms with Crippen molar-refractivity contribution in [1.29, 1.82) is 0 Å². The lowest BCUT2D eigenvalue weighted by Crippen LogP contribution is -2.45. The Morgan fingerprint density at radius 3 is 2.52 bits per heavy atom. The summed E-state index contributed by atoms with van der Waals surface area (Å²) in [5, 5.41) is 0. The molecule has 0 spiro atoms. The minimum absolute atomic E-state index is 0.353. The summed E-state index contributed by atoms with van der Waals surface area (Å²) >= 11 is 0. The first-order chi connectivity index (χ1) is 9.78. The largest absolute Gasteiger partial charge is 0.475 e. The SMILES string of the molecule is COC(=O)C1(C)CCc2cc(OC(C)=O)c(C)c(C)c2O1. The van der Waals surface area contributed by atoms with Crippen LogP contribution in [-0.2, 0) is 20.7 Å². The van der Waals surface area contributed by atoms with Gasteiger partial charge in [0, 0.05) is 13.3 Å². The summed E-state index contributed by atoms with van der Waals surface area (Å²) in [6, 6.07) is 1.82. The lowest BCUT2D eigenvalue weighted by atomic mass is 9.90. The molecule has 0 amide bonds. The van der Waals surface area contributed by atoms with Crippen molar-refractivity contribution in [1.82, 2.24) is 0 Å². The Hall–Kier alpha value is -2.04. The summed E-state index contributed by atoms with van der Waals surface area (Å²) in [7, 11) is 1.36. The minimum atomic E-state index is -0.970. The topological polar surface area (TPSA) is 61.8 Å². The molecule has 1 aliphatic heterocycles. The smallest absolute Gasteiger partial charge is 0.349 e. The summed E-state index contributed by atoms with van der Waals surface area (Å²) in [5.74, 6) is 0.495. The average molecular weight is 292 g/mol. The van der Waals surface area contributed by atoms with E-state index in [0.29, 0.717) is 24.3 Å². The molecule has 0 aliphatic carbocycles. The molecule has 0 aromatic heterocycles. The van der Waals surface area contributed by atoms with E-state index < -0.39 is 5.60 Å². The average Bonchev–Trinajstić information content (AvgIpc) is 2.44. The van der Waals surface area contributed by atoms with Crippen LogP contribution < -0.4 is 9.47 Å². The third-order valence-electron chi connectivity index (χ3n) is 3.94. The predicted molar refractivity (Wildman–Crippen MR) is 76.6 cm³/mol. The number of hydrogen-bond acceptors (Lipinski definition) is 5. The van der Waals surface area contributed by atoms with E-state index in [1.54, 1.807) is 6.92 Å². The van der Waals surface area contributed by atoms with Gasteiger partial charge in [-0.3, -0.25) is 4.79 Å². The molecule has 21 heavy (non-hydrogen) atoms. The Balaban J connectivity index is 2.44. The van der Waals surface area contributed by atoms with Crippen molar-refractivity contribution in [3.05, 3.63) is 22.8 Å². The number of carbonyl (C=O) groups excluding carboxylic acids is 2. The van der Waals surface area contributed by atoms with Gasteiger partial charge in [-0.15, -0.1) is 0 Å². The zero-order valence-corrected chi connectivity index (χ0v) is 13.0. The number of methoxy groups -OCH3 is 1. The van der Waals surface area contributed by atoms with Crippen LogP contribution in [0.15, 0.2) is 6.07 Å². The fourth-order valence-corrected chi connectivity index (χ4v) is 2.53. The molecule has 1 atom stereocenters. The maximum absolute atomic E-state index is 11.9. The molecule has 0 saturated heterocycles. The molecule has 0 radical (unpaired) electrons. The molecule has 2 rings (SSSR count). The molecule has 1 heterocycles. The second kappa shape index (κ2) is 5.39. The molecule has 1 unspecified atom stereocenters. The number of aryl methyl sites for hydroxylation is 1. The van der Waals surface area contributed by atoms with Crippen molar-refractivity contribution in [3.63, 3.8) is 0 Å². The fourth-order valence-electron chi connectivity index (χ4n) is 2.53. The van der Waals surface area contributed by atoms with Gasteiger partial charge in [0.05, 0.1) is 7.11 Å². The van der Waals surface area contributed by atoms with Gasteiger partial charge in [-0.05, 0) is 49.9 Å². The van der Waals surface area contributed by atoms with E-state index >= 15 is 0 Å². The monoisotopic (exact) mass is 292 g/mol. The van der Waals surface area contributed by atoms with Crippen LogP contribution >= 0.6 is 0 Å². The van der Waals surface area contributed by atoms with Gasteiger partial charge >= 0.3 is 11.9 Å². The van der Waals surface area contributed by atoms with E-state index in [4.69, 9.17) is 14.2 Å². The van der Waals surface area contributed by atoms with Crippen LogP contribution in [0.1, 0.15) is 37.0 Å². The first kappa shape index (κ1) is 15.4. The fraction of sp³-hybridized carbons (Fsp3) is 0.500. The van der Waals surface area contributed by atoms with Gasteiger partial charge in [0.2, 0.25) is 5.60 Å². The second-order valence-corrected chi connectivity index (χ2v) is 5.53. The number of fused-ring (bicyclic) bond motifs is 1. The van der Waals surface area contributed by atoms with Crippen molar-refractivity contribution in [2.45, 2.75) is 46.1 Å². The van der Waals surface area contributed by atoms with Crippen LogP contribution in [-0.4, -0.2) is 24.6 Å². The summed E-state index contributed by atoms with van der Waals surface area (Å²) < 4.78 is 16.0. The molecule has 1 aromatic rings. The lowest BCUT2D eigenvalue weighted by Gasteiger charge is -2.34. The van der Waals surface area contributed by atoms with E-state index in [-0.39, 0.29) is 11.9 Å². The number of carbonyl (C=O) groups is 2. The summed E-state index contributed by atoms with van der Waals surface area (Å²) in [6.45, 7) is 6.86. The van der Waals surface area contributed by atoms with Gasteiger partial charge in [-0.1, -0.05) is 0 Å². The molecule has 0 fully saturated rings. The van der Waals surface area contributed by atoms with Crippen molar-refractivity contribution in [3.8, 4) is 11.5 Å². The van der Waals surface area contributed by atoms with Gasteiger partial charge < -0.3 is 14.2 Å². The minimum Gasteiger partial charge on any atom is -0.475 e. The van der Waals surface area contributed by atoms with E-state index in [2.05, 4.69) is 0 Å². The normalized spacial score (nSPS) is 20.2. The van der Waals surface area contributed by atoms with Gasteiger partial charge in [0.25, 0.3) is 0 Å². The zero-order chi connectivity index (χ0) is 15.8. The van der Waals surface area contributed by atoms with Gasteiger partial charge in [0.1, 0.15) is 11.5 Å². The third-order valence-corrected chi connectivity index (χ3v) is 3.94. The second-order valence-electron chi connectivity index (χ2n) is 5.53. The van der Waals surface area contributed by atoms with Crippen LogP contribution in [0.25, 0.3) is 0 Å². The zero-order valence-electron chi connectivity index (χ0n) is 13.0. The number of benzene rings is 1. The Morgan fingerprint density at radius 1 is 1.29 bits per heavy atom. The van der Waals surface area contributed by atoms with E-state index in [0.717, 1.165) is 16.7 Å². The molecular formula is C16H20O5. The van der Waals surface area contributed by atoms with E-state index in [1.807, 2.05) is 19.9 Å². The van der Waals surface area contributed by atoms with Crippen molar-refractivity contribution in [2.24, 2.45) is 0 Å². The quantitative estimate of drug-likeness (QED) is 0.619. The number of rotatable bonds is 2. The van der Waals surface area contributed by atoms with Crippen LogP contribution in [0.5, 0.6) is 11.5 Å². The summed E-state index contributed by atoms with van der Waals surface area (Å²) in [5.41, 5.74) is 1.68.